The molecule has 4 heteroatoms. The van der Waals surface area contributed by atoms with Gasteiger partial charge in [-0.05, 0) is 37.4 Å². The number of hydrogen-bond donors (Lipinski definition) is 2. The molecule has 0 bridgehead atoms. The zero-order valence-electron chi connectivity index (χ0n) is 10.5. The topological polar surface area (TPSA) is 50.4 Å². The van der Waals surface area contributed by atoms with E-state index in [1.807, 2.05) is 30.3 Å². The fraction of sp³-hybridized carbons (Fsp3) is 0.500. The monoisotopic (exact) mass is 248 g/mol. The third kappa shape index (κ3) is 4.37. The Labute approximate surface area is 108 Å². The van der Waals surface area contributed by atoms with Crippen molar-refractivity contribution < 1.29 is 9.53 Å². The van der Waals surface area contributed by atoms with Crippen molar-refractivity contribution in [3.05, 3.63) is 35.9 Å². The Morgan fingerprint density at radius 3 is 2.72 bits per heavy atom. The van der Waals surface area contributed by atoms with Crippen molar-refractivity contribution in [3.8, 4) is 0 Å². The number of alkyl carbamates (subject to hydrolysis) is 1. The van der Waals surface area contributed by atoms with Gasteiger partial charge in [0.15, 0.2) is 0 Å². The number of rotatable bonds is 4. The highest BCUT2D eigenvalue weighted by Crippen LogP contribution is 2.11. The van der Waals surface area contributed by atoms with Gasteiger partial charge in [-0.2, -0.15) is 0 Å². The Kier molecular flexibility index (Phi) is 5.02. The van der Waals surface area contributed by atoms with Crippen LogP contribution < -0.4 is 10.6 Å². The molecule has 1 aliphatic heterocycles. The standard InChI is InChI=1S/C14H20N2O2/c17-14(16-10-12-4-2-1-3-5-12)18-11-13-6-8-15-9-7-13/h1-5,13,15H,6-11H2,(H,16,17). The van der Waals surface area contributed by atoms with Crippen LogP contribution in [0.3, 0.4) is 0 Å². The van der Waals surface area contributed by atoms with E-state index in [1.54, 1.807) is 0 Å². The molecular weight excluding hydrogens is 228 g/mol. The van der Waals surface area contributed by atoms with Crippen LogP contribution in [0, 0.1) is 5.92 Å². The summed E-state index contributed by atoms with van der Waals surface area (Å²) in [5.41, 5.74) is 1.08. The molecule has 2 N–H and O–H groups in total. The number of piperidine rings is 1. The first-order valence-electron chi connectivity index (χ1n) is 6.50. The maximum atomic E-state index is 11.5. The average molecular weight is 248 g/mol. The van der Waals surface area contributed by atoms with Crippen molar-refractivity contribution in [2.24, 2.45) is 5.92 Å². The van der Waals surface area contributed by atoms with Gasteiger partial charge in [-0.3, -0.25) is 0 Å². The van der Waals surface area contributed by atoms with Crippen LogP contribution in [0.1, 0.15) is 18.4 Å². The van der Waals surface area contributed by atoms with Crippen molar-refractivity contribution in [1.29, 1.82) is 0 Å². The van der Waals surface area contributed by atoms with Crippen LogP contribution in [-0.2, 0) is 11.3 Å². The van der Waals surface area contributed by atoms with Crippen molar-refractivity contribution >= 4 is 6.09 Å². The van der Waals surface area contributed by atoms with Crippen LogP contribution in [0.4, 0.5) is 4.79 Å². The maximum Gasteiger partial charge on any atom is 0.407 e. The number of carbonyl (C=O) groups excluding carboxylic acids is 1. The molecule has 1 aliphatic rings. The Morgan fingerprint density at radius 2 is 2.00 bits per heavy atom. The van der Waals surface area contributed by atoms with E-state index in [9.17, 15) is 4.79 Å². The minimum Gasteiger partial charge on any atom is -0.449 e. The third-order valence-corrected chi connectivity index (χ3v) is 3.19. The lowest BCUT2D eigenvalue weighted by atomic mass is 9.99. The van der Waals surface area contributed by atoms with Gasteiger partial charge < -0.3 is 15.4 Å². The third-order valence-electron chi connectivity index (χ3n) is 3.19. The molecule has 0 aliphatic carbocycles. The van der Waals surface area contributed by atoms with E-state index >= 15 is 0 Å². The van der Waals surface area contributed by atoms with Gasteiger partial charge in [-0.25, -0.2) is 4.79 Å². The van der Waals surface area contributed by atoms with Crippen molar-refractivity contribution in [3.63, 3.8) is 0 Å². The largest absolute Gasteiger partial charge is 0.449 e. The Hall–Kier alpha value is -1.55. The van der Waals surface area contributed by atoms with E-state index in [-0.39, 0.29) is 6.09 Å². The molecule has 4 nitrogen and oxygen atoms in total. The number of amides is 1. The minimum absolute atomic E-state index is 0.322. The lowest BCUT2D eigenvalue weighted by Gasteiger charge is -2.22. The van der Waals surface area contributed by atoms with Gasteiger partial charge >= 0.3 is 6.09 Å². The van der Waals surface area contributed by atoms with Gasteiger partial charge in [0.25, 0.3) is 0 Å². The summed E-state index contributed by atoms with van der Waals surface area (Å²) < 4.78 is 5.23. The Balaban J connectivity index is 1.63. The molecule has 1 aromatic carbocycles. The fourth-order valence-corrected chi connectivity index (χ4v) is 2.06. The summed E-state index contributed by atoms with van der Waals surface area (Å²) in [4.78, 5) is 11.5. The van der Waals surface area contributed by atoms with Gasteiger partial charge in [0.05, 0.1) is 6.61 Å². The molecular formula is C14H20N2O2. The number of nitrogens with one attached hydrogen (secondary N) is 2. The van der Waals surface area contributed by atoms with Gasteiger partial charge in [0.2, 0.25) is 0 Å². The van der Waals surface area contributed by atoms with Crippen LogP contribution in [0.15, 0.2) is 30.3 Å². The average Bonchev–Trinajstić information content (AvgIpc) is 2.45. The van der Waals surface area contributed by atoms with Gasteiger partial charge in [0, 0.05) is 6.54 Å². The number of ether oxygens (including phenoxy) is 1. The predicted octanol–water partition coefficient (Wildman–Crippen LogP) is 1.91. The Morgan fingerprint density at radius 1 is 1.28 bits per heavy atom. The van der Waals surface area contributed by atoms with Crippen LogP contribution in [-0.4, -0.2) is 25.8 Å². The van der Waals surface area contributed by atoms with Crippen LogP contribution in [0.25, 0.3) is 0 Å². The number of hydrogen-bond acceptors (Lipinski definition) is 3. The second kappa shape index (κ2) is 7.01. The summed E-state index contributed by atoms with van der Waals surface area (Å²) >= 11 is 0. The van der Waals surface area contributed by atoms with E-state index in [2.05, 4.69) is 10.6 Å². The number of carbonyl (C=O) groups is 1. The first-order valence-corrected chi connectivity index (χ1v) is 6.50. The smallest absolute Gasteiger partial charge is 0.407 e. The Bertz CT molecular complexity index is 361. The summed E-state index contributed by atoms with van der Waals surface area (Å²) in [7, 11) is 0. The molecule has 1 heterocycles. The van der Waals surface area contributed by atoms with E-state index < -0.39 is 0 Å². The molecule has 1 amide bonds. The molecule has 2 rings (SSSR count). The molecule has 0 radical (unpaired) electrons. The summed E-state index contributed by atoms with van der Waals surface area (Å²) in [6.07, 6.45) is 1.86. The molecule has 1 fully saturated rings. The van der Waals surface area contributed by atoms with E-state index in [0.29, 0.717) is 19.1 Å². The van der Waals surface area contributed by atoms with Crippen LogP contribution >= 0.6 is 0 Å². The second-order valence-corrected chi connectivity index (χ2v) is 4.63. The molecule has 1 saturated heterocycles. The molecule has 18 heavy (non-hydrogen) atoms. The quantitative estimate of drug-likeness (QED) is 0.855. The molecule has 0 aromatic heterocycles. The van der Waals surface area contributed by atoms with Crippen molar-refractivity contribution in [2.75, 3.05) is 19.7 Å². The summed E-state index contributed by atoms with van der Waals surface area (Å²) in [5, 5.41) is 6.05. The molecule has 0 atom stereocenters. The molecule has 0 spiro atoms. The van der Waals surface area contributed by atoms with Gasteiger partial charge in [-0.15, -0.1) is 0 Å². The SMILES string of the molecule is O=C(NCc1ccccc1)OCC1CCNCC1. The molecule has 0 unspecified atom stereocenters. The van der Waals surface area contributed by atoms with Gasteiger partial charge in [0.1, 0.15) is 0 Å². The molecule has 98 valence electrons. The highest BCUT2D eigenvalue weighted by atomic mass is 16.5. The van der Waals surface area contributed by atoms with Gasteiger partial charge in [-0.1, -0.05) is 30.3 Å². The lowest BCUT2D eigenvalue weighted by Crippen LogP contribution is -2.32. The highest BCUT2D eigenvalue weighted by Gasteiger charge is 2.14. The second-order valence-electron chi connectivity index (χ2n) is 4.63. The zero-order valence-corrected chi connectivity index (χ0v) is 10.5. The van der Waals surface area contributed by atoms with Crippen LogP contribution in [0.2, 0.25) is 0 Å². The summed E-state index contributed by atoms with van der Waals surface area (Å²) in [5.74, 6) is 0.508. The first kappa shape index (κ1) is 12.9. The fourth-order valence-electron chi connectivity index (χ4n) is 2.06. The minimum atomic E-state index is -0.322. The molecule has 1 aromatic rings. The van der Waals surface area contributed by atoms with E-state index in [4.69, 9.17) is 4.74 Å². The van der Waals surface area contributed by atoms with Crippen molar-refractivity contribution in [1.82, 2.24) is 10.6 Å². The highest BCUT2D eigenvalue weighted by molar-refractivity contribution is 5.67. The zero-order chi connectivity index (χ0) is 12.6. The first-order chi connectivity index (χ1) is 8.84. The van der Waals surface area contributed by atoms with E-state index in [0.717, 1.165) is 31.5 Å². The normalized spacial score (nSPS) is 16.2. The lowest BCUT2D eigenvalue weighted by molar-refractivity contribution is 0.117. The summed E-state index contributed by atoms with van der Waals surface area (Å²) in [6, 6.07) is 9.83. The van der Waals surface area contributed by atoms with E-state index in [1.165, 1.54) is 0 Å². The molecule has 0 saturated carbocycles. The number of benzene rings is 1. The summed E-state index contributed by atoms with van der Waals surface area (Å²) in [6.45, 7) is 3.10. The van der Waals surface area contributed by atoms with Crippen molar-refractivity contribution in [2.45, 2.75) is 19.4 Å². The van der Waals surface area contributed by atoms with Crippen LogP contribution in [0.5, 0.6) is 0 Å². The predicted molar refractivity (Wildman–Crippen MR) is 70.2 cm³/mol. The maximum absolute atomic E-state index is 11.5.